The van der Waals surface area contributed by atoms with Crippen molar-refractivity contribution in [1.29, 1.82) is 0 Å². The van der Waals surface area contributed by atoms with Crippen molar-refractivity contribution in [2.45, 2.75) is 23.9 Å². The average molecular weight is 369 g/mol. The fraction of sp³-hybridized carbons (Fsp3) is 0.143. The normalized spacial score (nSPS) is 13.9. The third-order valence-corrected chi connectivity index (χ3v) is 5.77. The molecule has 0 radical (unpaired) electrons. The number of nitrogens with two attached hydrogens (primary N) is 1. The number of sulfonamides is 1. The molecule has 0 aliphatic carbocycles. The van der Waals surface area contributed by atoms with E-state index >= 15 is 0 Å². The smallest absolute Gasteiger partial charge is 0.241 e. The van der Waals surface area contributed by atoms with E-state index in [4.69, 9.17) is 5.73 Å². The number of hydrogen-bond donors (Lipinski definition) is 2. The maximum atomic E-state index is 12.9. The van der Waals surface area contributed by atoms with Gasteiger partial charge in [-0.3, -0.25) is 0 Å². The van der Waals surface area contributed by atoms with Crippen LogP contribution in [-0.2, 0) is 10.0 Å². The Kier molecular flexibility index (Phi) is 5.52. The summed E-state index contributed by atoms with van der Waals surface area (Å²) in [5, 5.41) is 0. The molecule has 0 amide bonds. The number of rotatable bonds is 6. The Morgan fingerprint density at radius 2 is 1.31 bits per heavy atom. The quantitative estimate of drug-likeness (QED) is 0.692. The van der Waals surface area contributed by atoms with Crippen molar-refractivity contribution < 1.29 is 9.84 Å². The van der Waals surface area contributed by atoms with Crippen LogP contribution in [0, 0.1) is 6.92 Å². The van der Waals surface area contributed by atoms with Gasteiger partial charge in [0, 0.05) is 1.43 Å². The monoisotopic (exact) mass is 368 g/mol. The Bertz CT molecular complexity index is 946. The first kappa shape index (κ1) is 18.3. The zero-order valence-corrected chi connectivity index (χ0v) is 15.4. The van der Waals surface area contributed by atoms with Crippen LogP contribution in [0.5, 0.6) is 0 Å². The first-order chi connectivity index (χ1) is 12.5. The molecule has 0 unspecified atom stereocenters. The SMILES string of the molecule is Cc1ccc(S(=O)(=O)N[C@@H](c2ccccc2)[C@@H](N)c2ccccc2)cc1.[HH]. The first-order valence-corrected chi connectivity index (χ1v) is 9.90. The molecule has 0 bridgehead atoms. The van der Waals surface area contributed by atoms with E-state index in [1.807, 2.05) is 67.6 Å². The van der Waals surface area contributed by atoms with Crippen molar-refractivity contribution in [1.82, 2.24) is 4.72 Å². The molecule has 0 aliphatic rings. The molecule has 26 heavy (non-hydrogen) atoms. The molecule has 4 nitrogen and oxygen atoms in total. The van der Waals surface area contributed by atoms with Crippen LogP contribution >= 0.6 is 0 Å². The second-order valence-corrected chi connectivity index (χ2v) is 7.97. The topological polar surface area (TPSA) is 72.2 Å². The van der Waals surface area contributed by atoms with Gasteiger partial charge in [-0.1, -0.05) is 78.4 Å². The maximum absolute atomic E-state index is 12.9. The van der Waals surface area contributed by atoms with E-state index in [1.54, 1.807) is 24.3 Å². The highest BCUT2D eigenvalue weighted by atomic mass is 32.2. The minimum Gasteiger partial charge on any atom is -0.322 e. The summed E-state index contributed by atoms with van der Waals surface area (Å²) in [7, 11) is -3.71. The third-order valence-electron chi connectivity index (χ3n) is 4.32. The molecule has 0 aromatic heterocycles. The molecule has 2 atom stereocenters. The Labute approximate surface area is 156 Å². The summed E-state index contributed by atoms with van der Waals surface area (Å²) in [6, 6.07) is 24.6. The molecule has 0 saturated carbocycles. The highest BCUT2D eigenvalue weighted by molar-refractivity contribution is 7.89. The minimum atomic E-state index is -3.71. The molecule has 0 aliphatic heterocycles. The van der Waals surface area contributed by atoms with Crippen LogP contribution in [0.3, 0.4) is 0 Å². The molecular weight excluding hydrogens is 344 g/mol. The van der Waals surface area contributed by atoms with Crippen molar-refractivity contribution in [2.75, 3.05) is 0 Å². The Morgan fingerprint density at radius 3 is 1.85 bits per heavy atom. The average Bonchev–Trinajstić information content (AvgIpc) is 2.67. The van der Waals surface area contributed by atoms with Gasteiger partial charge in [0.25, 0.3) is 0 Å². The van der Waals surface area contributed by atoms with Crippen LogP contribution < -0.4 is 10.5 Å². The molecule has 3 aromatic rings. The second kappa shape index (κ2) is 7.83. The van der Waals surface area contributed by atoms with Gasteiger partial charge in [-0.2, -0.15) is 0 Å². The van der Waals surface area contributed by atoms with Gasteiger partial charge in [0.15, 0.2) is 0 Å². The lowest BCUT2D eigenvalue weighted by Crippen LogP contribution is -2.36. The van der Waals surface area contributed by atoms with Crippen molar-refractivity contribution in [3.8, 4) is 0 Å². The van der Waals surface area contributed by atoms with Gasteiger partial charge in [0.2, 0.25) is 10.0 Å². The molecule has 0 spiro atoms. The van der Waals surface area contributed by atoms with Crippen molar-refractivity contribution in [3.05, 3.63) is 102 Å². The van der Waals surface area contributed by atoms with Crippen LogP contribution in [0.1, 0.15) is 30.2 Å². The fourth-order valence-electron chi connectivity index (χ4n) is 2.83. The van der Waals surface area contributed by atoms with Crippen molar-refractivity contribution in [2.24, 2.45) is 5.73 Å². The number of hydrogen-bond acceptors (Lipinski definition) is 3. The van der Waals surface area contributed by atoms with Gasteiger partial charge in [-0.05, 0) is 30.2 Å². The van der Waals surface area contributed by atoms with E-state index in [0.717, 1.165) is 16.7 Å². The van der Waals surface area contributed by atoms with E-state index in [1.165, 1.54) is 0 Å². The fourth-order valence-corrected chi connectivity index (χ4v) is 4.08. The summed E-state index contributed by atoms with van der Waals surface area (Å²) in [6.07, 6.45) is 0. The van der Waals surface area contributed by atoms with Crippen LogP contribution in [0.4, 0.5) is 0 Å². The molecule has 5 heteroatoms. The van der Waals surface area contributed by atoms with Gasteiger partial charge in [0.1, 0.15) is 0 Å². The predicted octanol–water partition coefficient (Wildman–Crippen LogP) is 3.96. The zero-order chi connectivity index (χ0) is 18.6. The molecule has 0 saturated heterocycles. The molecule has 136 valence electrons. The van der Waals surface area contributed by atoms with Crippen LogP contribution in [-0.4, -0.2) is 8.42 Å². The minimum absolute atomic E-state index is 0. The lowest BCUT2D eigenvalue weighted by Gasteiger charge is -2.26. The maximum Gasteiger partial charge on any atom is 0.241 e. The largest absolute Gasteiger partial charge is 0.322 e. The van der Waals surface area contributed by atoms with Crippen molar-refractivity contribution in [3.63, 3.8) is 0 Å². The second-order valence-electron chi connectivity index (χ2n) is 6.26. The number of benzene rings is 3. The van der Waals surface area contributed by atoms with Gasteiger partial charge in [0.05, 0.1) is 17.0 Å². The number of nitrogens with one attached hydrogen (secondary N) is 1. The van der Waals surface area contributed by atoms with E-state index in [-0.39, 0.29) is 6.32 Å². The summed E-state index contributed by atoms with van der Waals surface area (Å²) in [5.74, 6) is 0. The molecule has 3 N–H and O–H groups in total. The molecule has 0 fully saturated rings. The number of aryl methyl sites for hydroxylation is 1. The summed E-state index contributed by atoms with van der Waals surface area (Å²) in [4.78, 5) is 0.226. The van der Waals surface area contributed by atoms with E-state index in [0.29, 0.717) is 0 Å². The zero-order valence-electron chi connectivity index (χ0n) is 14.5. The Balaban J connectivity index is 0.00000261. The molecule has 3 rings (SSSR count). The predicted molar refractivity (Wildman–Crippen MR) is 106 cm³/mol. The van der Waals surface area contributed by atoms with E-state index < -0.39 is 22.1 Å². The van der Waals surface area contributed by atoms with Crippen LogP contribution in [0.15, 0.2) is 89.8 Å². The van der Waals surface area contributed by atoms with Gasteiger partial charge >= 0.3 is 0 Å². The first-order valence-electron chi connectivity index (χ1n) is 8.42. The van der Waals surface area contributed by atoms with Gasteiger partial charge in [-0.15, -0.1) is 0 Å². The highest BCUT2D eigenvalue weighted by Crippen LogP contribution is 2.28. The lowest BCUT2D eigenvalue weighted by molar-refractivity contribution is 0.504. The highest BCUT2D eigenvalue weighted by Gasteiger charge is 2.27. The summed E-state index contributed by atoms with van der Waals surface area (Å²) < 4.78 is 28.6. The van der Waals surface area contributed by atoms with E-state index in [2.05, 4.69) is 4.72 Å². The third kappa shape index (κ3) is 4.19. The molecule has 3 aromatic carbocycles. The molecular formula is C21H24N2O2S. The summed E-state index contributed by atoms with van der Waals surface area (Å²) in [6.45, 7) is 1.92. The Hall–Kier alpha value is -2.47. The van der Waals surface area contributed by atoms with Gasteiger partial charge < -0.3 is 5.73 Å². The van der Waals surface area contributed by atoms with Crippen LogP contribution in [0.2, 0.25) is 0 Å². The lowest BCUT2D eigenvalue weighted by atomic mass is 9.95. The summed E-state index contributed by atoms with van der Waals surface area (Å²) in [5.41, 5.74) is 9.15. The molecule has 0 heterocycles. The standard InChI is InChI=1S/C21H22N2O2S.H2/c1-16-12-14-19(15-13-16)26(24,25)23-21(18-10-6-3-7-11-18)20(22)17-8-4-2-5-9-17;/h2-15,20-21,23H,22H2,1H3;1H/t20-,21-;/m0./s1. The Morgan fingerprint density at radius 1 is 0.808 bits per heavy atom. The summed E-state index contributed by atoms with van der Waals surface area (Å²) >= 11 is 0. The van der Waals surface area contributed by atoms with Crippen LogP contribution in [0.25, 0.3) is 0 Å². The van der Waals surface area contributed by atoms with Gasteiger partial charge in [-0.25, -0.2) is 13.1 Å². The van der Waals surface area contributed by atoms with Crippen molar-refractivity contribution >= 4 is 10.0 Å². The van der Waals surface area contributed by atoms with E-state index in [9.17, 15) is 8.42 Å².